The summed E-state index contributed by atoms with van der Waals surface area (Å²) in [6.07, 6.45) is 3.18. The molecular weight excluding hydrogens is 247 g/mol. The highest BCUT2D eigenvalue weighted by Gasteiger charge is 2.16. The number of methoxy groups -OCH3 is 1. The van der Waals surface area contributed by atoms with Crippen molar-refractivity contribution in [3.63, 3.8) is 0 Å². The number of oxazole rings is 1. The van der Waals surface area contributed by atoms with Gasteiger partial charge in [-0.3, -0.25) is 0 Å². The van der Waals surface area contributed by atoms with Crippen LogP contribution < -0.4 is 10.1 Å². The van der Waals surface area contributed by atoms with Gasteiger partial charge in [0.1, 0.15) is 11.6 Å². The molecule has 0 saturated heterocycles. The van der Waals surface area contributed by atoms with Crippen LogP contribution in [0, 0.1) is 5.82 Å². The number of hydrogen-bond donors (Lipinski definition) is 1. The average Bonchev–Trinajstić information content (AvgIpc) is 2.87. The van der Waals surface area contributed by atoms with Crippen LogP contribution in [0.1, 0.15) is 12.3 Å². The molecule has 0 spiro atoms. The molecule has 4 nitrogen and oxygen atoms in total. The highest BCUT2D eigenvalue weighted by atomic mass is 19.1. The topological polar surface area (TPSA) is 47.3 Å². The summed E-state index contributed by atoms with van der Waals surface area (Å²) in [5.41, 5.74) is 0.317. The van der Waals surface area contributed by atoms with Crippen molar-refractivity contribution in [1.82, 2.24) is 10.3 Å². The molecule has 0 bridgehead atoms. The normalized spacial score (nSPS) is 10.7. The van der Waals surface area contributed by atoms with Gasteiger partial charge in [-0.2, -0.15) is 0 Å². The predicted octanol–water partition coefficient (Wildman–Crippen LogP) is 2.64. The summed E-state index contributed by atoms with van der Waals surface area (Å²) in [4.78, 5) is 4.16. The number of nitrogens with zero attached hydrogens (tertiary/aromatic N) is 1. The molecule has 0 aliphatic rings. The SMILES string of the molecule is CNCCCc1ncc(-c2c(F)cccc2OC)o1. The van der Waals surface area contributed by atoms with E-state index in [1.54, 1.807) is 12.1 Å². The molecule has 1 aromatic carbocycles. The minimum Gasteiger partial charge on any atom is -0.496 e. The fourth-order valence-corrected chi connectivity index (χ4v) is 1.87. The number of halogens is 1. The van der Waals surface area contributed by atoms with Crippen molar-refractivity contribution >= 4 is 0 Å². The molecule has 0 aliphatic carbocycles. The van der Waals surface area contributed by atoms with Crippen LogP contribution in [-0.4, -0.2) is 25.7 Å². The van der Waals surface area contributed by atoms with E-state index in [4.69, 9.17) is 9.15 Å². The number of hydrogen-bond acceptors (Lipinski definition) is 4. The smallest absolute Gasteiger partial charge is 0.194 e. The Bertz CT molecular complexity index is 540. The van der Waals surface area contributed by atoms with Crippen LogP contribution >= 0.6 is 0 Å². The summed E-state index contributed by atoms with van der Waals surface area (Å²) < 4.78 is 24.6. The van der Waals surface area contributed by atoms with Crippen LogP contribution in [0.2, 0.25) is 0 Å². The van der Waals surface area contributed by atoms with Crippen LogP contribution in [0.25, 0.3) is 11.3 Å². The lowest BCUT2D eigenvalue weighted by Crippen LogP contribution is -2.08. The summed E-state index contributed by atoms with van der Waals surface area (Å²) in [5.74, 6) is 1.07. The van der Waals surface area contributed by atoms with E-state index >= 15 is 0 Å². The Hall–Kier alpha value is -1.88. The first-order valence-electron chi connectivity index (χ1n) is 6.18. The van der Waals surface area contributed by atoms with E-state index in [1.165, 1.54) is 19.4 Å². The molecule has 102 valence electrons. The molecule has 0 saturated carbocycles. The molecule has 1 aromatic heterocycles. The zero-order valence-corrected chi connectivity index (χ0v) is 11.1. The maximum absolute atomic E-state index is 13.9. The van der Waals surface area contributed by atoms with Gasteiger partial charge < -0.3 is 14.5 Å². The van der Waals surface area contributed by atoms with E-state index in [1.807, 2.05) is 7.05 Å². The molecule has 1 heterocycles. The molecule has 0 unspecified atom stereocenters. The molecule has 0 atom stereocenters. The van der Waals surface area contributed by atoms with E-state index in [0.29, 0.717) is 23.0 Å². The van der Waals surface area contributed by atoms with Gasteiger partial charge in [-0.05, 0) is 32.1 Å². The first-order chi connectivity index (χ1) is 9.26. The summed E-state index contributed by atoms with van der Waals surface area (Å²) in [6, 6.07) is 4.67. The molecule has 2 aromatic rings. The maximum atomic E-state index is 13.9. The van der Waals surface area contributed by atoms with Gasteiger partial charge in [-0.25, -0.2) is 9.37 Å². The number of aryl methyl sites for hydroxylation is 1. The van der Waals surface area contributed by atoms with Crippen molar-refractivity contribution in [1.29, 1.82) is 0 Å². The van der Waals surface area contributed by atoms with Gasteiger partial charge in [0.15, 0.2) is 11.7 Å². The van der Waals surface area contributed by atoms with Crippen LogP contribution in [0.15, 0.2) is 28.8 Å². The third kappa shape index (κ3) is 3.12. The number of rotatable bonds is 6. The lowest BCUT2D eigenvalue weighted by Gasteiger charge is -2.06. The van der Waals surface area contributed by atoms with Crippen LogP contribution in [-0.2, 0) is 6.42 Å². The standard InChI is InChI=1S/C14H17FN2O2/c1-16-8-4-7-13-17-9-12(19-13)14-10(15)5-3-6-11(14)18-2/h3,5-6,9,16H,4,7-8H2,1-2H3. The quantitative estimate of drug-likeness (QED) is 0.815. The molecular formula is C14H17FN2O2. The third-order valence-corrected chi connectivity index (χ3v) is 2.81. The van der Waals surface area contributed by atoms with Crippen molar-refractivity contribution in [3.8, 4) is 17.1 Å². The Kier molecular flexibility index (Phi) is 4.52. The zero-order chi connectivity index (χ0) is 13.7. The lowest BCUT2D eigenvalue weighted by atomic mass is 10.1. The van der Waals surface area contributed by atoms with Crippen LogP contribution in [0.4, 0.5) is 4.39 Å². The van der Waals surface area contributed by atoms with E-state index in [-0.39, 0.29) is 5.82 Å². The summed E-state index contributed by atoms with van der Waals surface area (Å²) >= 11 is 0. The first kappa shape index (κ1) is 13.5. The highest BCUT2D eigenvalue weighted by molar-refractivity contribution is 5.65. The van der Waals surface area contributed by atoms with Gasteiger partial charge in [-0.1, -0.05) is 6.07 Å². The van der Waals surface area contributed by atoms with E-state index < -0.39 is 0 Å². The molecule has 0 fully saturated rings. The van der Waals surface area contributed by atoms with Crippen molar-refractivity contribution < 1.29 is 13.5 Å². The third-order valence-electron chi connectivity index (χ3n) is 2.81. The highest BCUT2D eigenvalue weighted by Crippen LogP contribution is 2.32. The van der Waals surface area contributed by atoms with Gasteiger partial charge in [0.2, 0.25) is 0 Å². The Labute approximate surface area is 111 Å². The van der Waals surface area contributed by atoms with Gasteiger partial charge in [0.05, 0.1) is 18.9 Å². The second-order valence-electron chi connectivity index (χ2n) is 4.14. The Balaban J connectivity index is 2.23. The fourth-order valence-electron chi connectivity index (χ4n) is 1.87. The first-order valence-corrected chi connectivity index (χ1v) is 6.18. The number of nitrogens with one attached hydrogen (secondary N) is 1. The zero-order valence-electron chi connectivity index (χ0n) is 11.1. The summed E-state index contributed by atoms with van der Waals surface area (Å²) in [7, 11) is 3.40. The van der Waals surface area contributed by atoms with Crippen molar-refractivity contribution in [2.75, 3.05) is 20.7 Å². The van der Waals surface area contributed by atoms with Crippen molar-refractivity contribution in [3.05, 3.63) is 36.1 Å². The number of benzene rings is 1. The summed E-state index contributed by atoms with van der Waals surface area (Å²) in [6.45, 7) is 0.890. The van der Waals surface area contributed by atoms with Crippen molar-refractivity contribution in [2.24, 2.45) is 0 Å². The van der Waals surface area contributed by atoms with Gasteiger partial charge in [0.25, 0.3) is 0 Å². The monoisotopic (exact) mass is 264 g/mol. The van der Waals surface area contributed by atoms with Gasteiger partial charge in [0, 0.05) is 6.42 Å². The largest absolute Gasteiger partial charge is 0.496 e. The molecule has 19 heavy (non-hydrogen) atoms. The predicted molar refractivity (Wildman–Crippen MR) is 70.7 cm³/mol. The van der Waals surface area contributed by atoms with Crippen molar-refractivity contribution in [2.45, 2.75) is 12.8 Å². The number of ether oxygens (including phenoxy) is 1. The number of aromatic nitrogens is 1. The maximum Gasteiger partial charge on any atom is 0.194 e. The van der Waals surface area contributed by atoms with E-state index in [0.717, 1.165) is 19.4 Å². The Morgan fingerprint density at radius 1 is 1.42 bits per heavy atom. The molecule has 0 radical (unpaired) electrons. The van der Waals surface area contributed by atoms with E-state index in [9.17, 15) is 4.39 Å². The second kappa shape index (κ2) is 6.33. The van der Waals surface area contributed by atoms with Crippen LogP contribution in [0.5, 0.6) is 5.75 Å². The van der Waals surface area contributed by atoms with Gasteiger partial charge >= 0.3 is 0 Å². The van der Waals surface area contributed by atoms with Gasteiger partial charge in [-0.15, -0.1) is 0 Å². The summed E-state index contributed by atoms with van der Waals surface area (Å²) in [5, 5.41) is 3.05. The Morgan fingerprint density at radius 3 is 3.00 bits per heavy atom. The fraction of sp³-hybridized carbons (Fsp3) is 0.357. The molecule has 5 heteroatoms. The lowest BCUT2D eigenvalue weighted by molar-refractivity contribution is 0.410. The molecule has 0 amide bonds. The Morgan fingerprint density at radius 2 is 2.26 bits per heavy atom. The average molecular weight is 264 g/mol. The second-order valence-corrected chi connectivity index (χ2v) is 4.14. The van der Waals surface area contributed by atoms with E-state index in [2.05, 4.69) is 10.3 Å². The molecule has 2 rings (SSSR count). The van der Waals surface area contributed by atoms with Crippen LogP contribution in [0.3, 0.4) is 0 Å². The minimum absolute atomic E-state index is 0.317. The molecule has 0 aliphatic heterocycles. The minimum atomic E-state index is -0.378. The molecule has 1 N–H and O–H groups in total.